The van der Waals surface area contributed by atoms with Crippen LogP contribution in [0.4, 0.5) is 11.4 Å². The van der Waals surface area contributed by atoms with Crippen molar-refractivity contribution >= 4 is 28.2 Å². The van der Waals surface area contributed by atoms with Gasteiger partial charge in [0.15, 0.2) is 0 Å². The Morgan fingerprint density at radius 2 is 1.91 bits per heavy atom. The van der Waals surface area contributed by atoms with Crippen LogP contribution in [0.25, 0.3) is 10.9 Å². The lowest BCUT2D eigenvalue weighted by atomic mass is 10.2. The highest BCUT2D eigenvalue weighted by Crippen LogP contribution is 2.20. The van der Waals surface area contributed by atoms with Crippen molar-refractivity contribution in [1.82, 2.24) is 4.98 Å². The molecule has 0 unspecified atom stereocenters. The van der Waals surface area contributed by atoms with Gasteiger partial charge in [0.05, 0.1) is 11.2 Å². The van der Waals surface area contributed by atoms with Gasteiger partial charge in [0.25, 0.3) is 0 Å². The van der Waals surface area contributed by atoms with E-state index in [2.05, 4.69) is 15.6 Å². The Morgan fingerprint density at radius 1 is 1.09 bits per heavy atom. The normalized spacial score (nSPS) is 10.5. The monoisotopic (exact) mass is 305 g/mol. The van der Waals surface area contributed by atoms with Crippen molar-refractivity contribution in [3.8, 4) is 0 Å². The average Bonchev–Trinajstić information content (AvgIpc) is 2.55. The summed E-state index contributed by atoms with van der Waals surface area (Å²) in [6.07, 6.45) is 2.18. The van der Waals surface area contributed by atoms with Gasteiger partial charge in [-0.05, 0) is 36.8 Å². The minimum atomic E-state index is -0.00343. The maximum absolute atomic E-state index is 12.0. The van der Waals surface area contributed by atoms with Crippen molar-refractivity contribution in [3.05, 3.63) is 66.4 Å². The van der Waals surface area contributed by atoms with Gasteiger partial charge in [-0.25, -0.2) is 0 Å². The summed E-state index contributed by atoms with van der Waals surface area (Å²) >= 11 is 0. The van der Waals surface area contributed by atoms with Crippen LogP contribution in [0, 0.1) is 6.92 Å². The van der Waals surface area contributed by atoms with Gasteiger partial charge in [-0.3, -0.25) is 9.78 Å². The quantitative estimate of drug-likeness (QED) is 0.749. The lowest BCUT2D eigenvalue weighted by molar-refractivity contribution is -0.115. The summed E-state index contributed by atoms with van der Waals surface area (Å²) in [7, 11) is 0. The predicted molar refractivity (Wildman–Crippen MR) is 94.7 cm³/mol. The molecule has 1 heterocycles. The Balaban J connectivity index is 1.57. The van der Waals surface area contributed by atoms with E-state index < -0.39 is 0 Å². The molecule has 0 aliphatic heterocycles. The molecule has 4 heteroatoms. The first-order valence-electron chi connectivity index (χ1n) is 7.66. The number of hydrogen-bond donors (Lipinski definition) is 2. The van der Waals surface area contributed by atoms with Crippen LogP contribution in [0.1, 0.15) is 12.0 Å². The number of nitrogens with one attached hydrogen (secondary N) is 2. The molecule has 1 aromatic heterocycles. The summed E-state index contributed by atoms with van der Waals surface area (Å²) < 4.78 is 0. The maximum Gasteiger partial charge on any atom is 0.226 e. The summed E-state index contributed by atoms with van der Waals surface area (Å²) in [5.74, 6) is -0.00343. The molecule has 2 N–H and O–H groups in total. The van der Waals surface area contributed by atoms with Crippen LogP contribution in [-0.2, 0) is 4.79 Å². The van der Waals surface area contributed by atoms with Crippen molar-refractivity contribution in [3.63, 3.8) is 0 Å². The van der Waals surface area contributed by atoms with E-state index in [-0.39, 0.29) is 5.91 Å². The largest absolute Gasteiger partial charge is 0.383 e. The predicted octanol–water partition coefficient (Wildman–Crippen LogP) is 3.98. The molecule has 0 saturated heterocycles. The molecule has 0 bridgehead atoms. The molecule has 4 nitrogen and oxygen atoms in total. The Labute approximate surface area is 135 Å². The van der Waals surface area contributed by atoms with Gasteiger partial charge < -0.3 is 10.6 Å². The molecule has 0 aliphatic carbocycles. The van der Waals surface area contributed by atoms with Crippen LogP contribution in [0.3, 0.4) is 0 Å². The first kappa shape index (κ1) is 15.0. The lowest BCUT2D eigenvalue weighted by Crippen LogP contribution is -2.16. The fourth-order valence-corrected chi connectivity index (χ4v) is 2.50. The number of anilines is 2. The van der Waals surface area contributed by atoms with Crippen molar-refractivity contribution in [2.75, 3.05) is 17.2 Å². The summed E-state index contributed by atoms with van der Waals surface area (Å²) in [5.41, 5.74) is 3.84. The number of para-hydroxylation sites is 1. The highest BCUT2D eigenvalue weighted by Gasteiger charge is 2.04. The molecule has 1 amide bonds. The number of fused-ring (bicyclic) bond motifs is 1. The first-order valence-corrected chi connectivity index (χ1v) is 7.66. The number of amides is 1. The van der Waals surface area contributed by atoms with E-state index in [1.165, 1.54) is 0 Å². The van der Waals surface area contributed by atoms with Gasteiger partial charge in [0.1, 0.15) is 0 Å². The van der Waals surface area contributed by atoms with Crippen LogP contribution in [0.15, 0.2) is 60.8 Å². The van der Waals surface area contributed by atoms with Crippen molar-refractivity contribution in [2.24, 2.45) is 0 Å². The second-order valence-corrected chi connectivity index (χ2v) is 5.48. The van der Waals surface area contributed by atoms with Gasteiger partial charge in [0, 0.05) is 30.2 Å². The molecule has 2 aromatic carbocycles. The van der Waals surface area contributed by atoms with Crippen LogP contribution in [-0.4, -0.2) is 17.4 Å². The van der Waals surface area contributed by atoms with Crippen molar-refractivity contribution < 1.29 is 4.79 Å². The minimum absolute atomic E-state index is 0.00343. The van der Waals surface area contributed by atoms with Crippen LogP contribution in [0.2, 0.25) is 0 Å². The van der Waals surface area contributed by atoms with Gasteiger partial charge in [-0.2, -0.15) is 0 Å². The second kappa shape index (κ2) is 6.92. The van der Waals surface area contributed by atoms with E-state index in [4.69, 9.17) is 0 Å². The Hall–Kier alpha value is -2.88. The molecule has 0 saturated carbocycles. The molecule has 116 valence electrons. The molecule has 0 atom stereocenters. The van der Waals surface area contributed by atoms with E-state index >= 15 is 0 Å². The van der Waals surface area contributed by atoms with Gasteiger partial charge in [-0.15, -0.1) is 0 Å². The fourth-order valence-electron chi connectivity index (χ4n) is 2.50. The third-order valence-electron chi connectivity index (χ3n) is 3.60. The van der Waals surface area contributed by atoms with Gasteiger partial charge in [-0.1, -0.05) is 30.3 Å². The third-order valence-corrected chi connectivity index (χ3v) is 3.60. The number of nitrogens with zero attached hydrogens (tertiary/aromatic N) is 1. The molecule has 3 rings (SSSR count). The number of rotatable bonds is 5. The number of carbonyl (C=O) groups excluding carboxylic acids is 1. The summed E-state index contributed by atoms with van der Waals surface area (Å²) in [5, 5.41) is 7.29. The number of aromatic nitrogens is 1. The fraction of sp³-hybridized carbons (Fsp3) is 0.158. The molecule has 0 fully saturated rings. The smallest absolute Gasteiger partial charge is 0.226 e. The van der Waals surface area contributed by atoms with E-state index in [1.54, 1.807) is 6.20 Å². The molecule has 23 heavy (non-hydrogen) atoms. The second-order valence-electron chi connectivity index (χ2n) is 5.48. The average molecular weight is 305 g/mol. The van der Waals surface area contributed by atoms with Crippen LogP contribution >= 0.6 is 0 Å². The summed E-state index contributed by atoms with van der Waals surface area (Å²) in [6.45, 7) is 2.57. The molecule has 3 aromatic rings. The van der Waals surface area contributed by atoms with E-state index in [9.17, 15) is 4.79 Å². The van der Waals surface area contributed by atoms with Gasteiger partial charge in [0.2, 0.25) is 5.91 Å². The number of hydrogen-bond acceptors (Lipinski definition) is 3. The number of benzene rings is 2. The van der Waals surface area contributed by atoms with Crippen molar-refractivity contribution in [1.29, 1.82) is 0 Å². The lowest BCUT2D eigenvalue weighted by Gasteiger charge is -2.09. The molecule has 0 aliphatic rings. The first-order chi connectivity index (χ1) is 11.2. The number of aryl methyl sites for hydroxylation is 1. The van der Waals surface area contributed by atoms with Crippen LogP contribution < -0.4 is 10.6 Å². The van der Waals surface area contributed by atoms with E-state index in [0.717, 1.165) is 27.8 Å². The highest BCUT2D eigenvalue weighted by molar-refractivity contribution is 5.92. The summed E-state index contributed by atoms with van der Waals surface area (Å²) in [4.78, 5) is 16.4. The molecule has 0 spiro atoms. The Kier molecular flexibility index (Phi) is 4.52. The Bertz CT molecular complexity index is 824. The van der Waals surface area contributed by atoms with E-state index in [0.29, 0.717) is 13.0 Å². The number of pyridine rings is 1. The zero-order valence-corrected chi connectivity index (χ0v) is 13.0. The third kappa shape index (κ3) is 3.86. The Morgan fingerprint density at radius 3 is 2.78 bits per heavy atom. The van der Waals surface area contributed by atoms with Gasteiger partial charge >= 0.3 is 0 Å². The SMILES string of the molecule is Cc1cccc(NC(=O)CCNc2cccc3cccnc23)c1. The van der Waals surface area contributed by atoms with Crippen LogP contribution in [0.5, 0.6) is 0 Å². The molecular weight excluding hydrogens is 286 g/mol. The number of carbonyl (C=O) groups is 1. The highest BCUT2D eigenvalue weighted by atomic mass is 16.1. The summed E-state index contributed by atoms with van der Waals surface area (Å²) in [6, 6.07) is 17.7. The molecular formula is C19H19N3O. The van der Waals surface area contributed by atoms with Crippen molar-refractivity contribution in [2.45, 2.75) is 13.3 Å². The maximum atomic E-state index is 12.0. The minimum Gasteiger partial charge on any atom is -0.383 e. The standard InChI is InChI=1S/C19H19N3O/c1-14-5-2-8-16(13-14)22-18(23)10-12-20-17-9-3-6-15-7-4-11-21-19(15)17/h2-9,11,13,20H,10,12H2,1H3,(H,22,23). The zero-order valence-electron chi connectivity index (χ0n) is 13.0. The zero-order chi connectivity index (χ0) is 16.1. The molecule has 0 radical (unpaired) electrons. The van der Waals surface area contributed by atoms with E-state index in [1.807, 2.05) is 61.5 Å². The topological polar surface area (TPSA) is 54.0 Å².